The monoisotopic (exact) mass is 460 g/mol. The van der Waals surface area contributed by atoms with Crippen LogP contribution in [0.15, 0.2) is 20.5 Å². The number of rotatable bonds is 6. The summed E-state index contributed by atoms with van der Waals surface area (Å²) < 4.78 is 12.6. The minimum atomic E-state index is -0.232. The fraction of sp³-hybridized carbons (Fsp3) is 0.524. The summed E-state index contributed by atoms with van der Waals surface area (Å²) >= 11 is 2.89. The van der Waals surface area contributed by atoms with Crippen LogP contribution in [0.2, 0.25) is 0 Å². The van der Waals surface area contributed by atoms with Gasteiger partial charge in [0.25, 0.3) is 5.56 Å². The van der Waals surface area contributed by atoms with Crippen LogP contribution in [0, 0.1) is 6.92 Å². The van der Waals surface area contributed by atoms with Gasteiger partial charge in [-0.1, -0.05) is 16.9 Å². The number of nitrogens with zero attached hydrogens (tertiary/aromatic N) is 3. The molecule has 1 atom stereocenters. The molecule has 1 aliphatic carbocycles. The number of carbonyl (C=O) groups is 1. The van der Waals surface area contributed by atoms with Crippen molar-refractivity contribution < 1.29 is 14.1 Å². The highest BCUT2D eigenvalue weighted by Crippen LogP contribution is 2.35. The molecule has 0 radical (unpaired) electrons. The lowest BCUT2D eigenvalue weighted by atomic mass is 9.97. The Balaban J connectivity index is 1.44. The van der Waals surface area contributed by atoms with Gasteiger partial charge in [0.15, 0.2) is 5.16 Å². The van der Waals surface area contributed by atoms with Gasteiger partial charge in [-0.15, -0.1) is 11.3 Å². The van der Waals surface area contributed by atoms with Crippen molar-refractivity contribution in [2.75, 3.05) is 17.7 Å². The summed E-state index contributed by atoms with van der Waals surface area (Å²) in [6.45, 7) is 2.99. The minimum absolute atomic E-state index is 0.00586. The number of thioether (sulfide) groups is 1. The van der Waals surface area contributed by atoms with Gasteiger partial charge in [-0.3, -0.25) is 19.5 Å². The number of ether oxygens (including phenoxy) is 1. The third kappa shape index (κ3) is 4.28. The quantitative estimate of drug-likeness (QED) is 0.444. The fourth-order valence-electron chi connectivity index (χ4n) is 4.21. The zero-order valence-corrected chi connectivity index (χ0v) is 18.9. The van der Waals surface area contributed by atoms with Gasteiger partial charge in [-0.05, 0) is 51.0 Å². The molecule has 0 aromatic carbocycles. The molecular weight excluding hydrogens is 436 g/mol. The lowest BCUT2D eigenvalue weighted by Crippen LogP contribution is -2.29. The van der Waals surface area contributed by atoms with E-state index in [2.05, 4.69) is 10.5 Å². The Morgan fingerprint density at radius 3 is 3.00 bits per heavy atom. The van der Waals surface area contributed by atoms with Crippen LogP contribution in [-0.4, -0.2) is 39.1 Å². The number of anilines is 1. The molecule has 164 valence electrons. The van der Waals surface area contributed by atoms with Crippen LogP contribution < -0.4 is 10.9 Å². The van der Waals surface area contributed by atoms with E-state index in [0.717, 1.165) is 55.3 Å². The van der Waals surface area contributed by atoms with Gasteiger partial charge in [0.1, 0.15) is 4.83 Å². The number of hydrogen-bond acceptors (Lipinski definition) is 8. The van der Waals surface area contributed by atoms with Crippen molar-refractivity contribution in [3.63, 3.8) is 0 Å². The predicted molar refractivity (Wildman–Crippen MR) is 120 cm³/mol. The van der Waals surface area contributed by atoms with Gasteiger partial charge in [0, 0.05) is 17.6 Å². The number of fused-ring (bicyclic) bond motifs is 3. The number of nitrogens with one attached hydrogen (secondary N) is 1. The van der Waals surface area contributed by atoms with E-state index in [1.165, 1.54) is 22.2 Å². The molecule has 1 unspecified atom stereocenters. The van der Waals surface area contributed by atoms with Crippen molar-refractivity contribution in [1.82, 2.24) is 14.7 Å². The molecule has 1 fully saturated rings. The maximum absolute atomic E-state index is 13.5. The Morgan fingerprint density at radius 1 is 1.35 bits per heavy atom. The molecule has 5 rings (SSSR count). The number of hydrogen-bond donors (Lipinski definition) is 1. The van der Waals surface area contributed by atoms with Gasteiger partial charge >= 0.3 is 0 Å². The molecule has 8 nitrogen and oxygen atoms in total. The van der Waals surface area contributed by atoms with Crippen LogP contribution >= 0.6 is 23.1 Å². The van der Waals surface area contributed by atoms with Crippen LogP contribution in [0.1, 0.15) is 41.8 Å². The zero-order valence-electron chi connectivity index (χ0n) is 17.3. The molecule has 3 aromatic heterocycles. The van der Waals surface area contributed by atoms with Crippen molar-refractivity contribution in [3.05, 3.63) is 32.6 Å². The molecule has 31 heavy (non-hydrogen) atoms. The summed E-state index contributed by atoms with van der Waals surface area (Å²) in [6, 6.07) is 1.66. The number of amides is 1. The summed E-state index contributed by atoms with van der Waals surface area (Å²) in [7, 11) is 0. The van der Waals surface area contributed by atoms with E-state index >= 15 is 0 Å². The maximum atomic E-state index is 13.5. The molecule has 10 heteroatoms. The standard InChI is InChI=1S/C21H24N4O4S2/c1-12-9-17(29-24-12)22-16(26)11-30-21-23-19-18(14-6-2-3-7-15(14)31-19)20(27)25(21)10-13-5-4-8-28-13/h9,13H,2-8,10-11H2,1H3,(H,22,26). The summed E-state index contributed by atoms with van der Waals surface area (Å²) in [6.07, 6.45) is 6.18. The van der Waals surface area contributed by atoms with E-state index in [1.807, 2.05) is 0 Å². The van der Waals surface area contributed by atoms with Crippen molar-refractivity contribution in [1.29, 1.82) is 0 Å². The third-order valence-electron chi connectivity index (χ3n) is 5.67. The average molecular weight is 461 g/mol. The lowest BCUT2D eigenvalue weighted by molar-refractivity contribution is -0.113. The molecule has 4 heterocycles. The first-order chi connectivity index (χ1) is 15.1. The second-order valence-electron chi connectivity index (χ2n) is 8.01. The number of aryl methyl sites for hydroxylation is 3. The van der Waals surface area contributed by atoms with Crippen molar-refractivity contribution in [2.24, 2.45) is 0 Å². The van der Waals surface area contributed by atoms with Gasteiger partial charge in [-0.2, -0.15) is 0 Å². The topological polar surface area (TPSA) is 99.2 Å². The normalized spacial score (nSPS) is 18.4. The smallest absolute Gasteiger partial charge is 0.263 e. The Kier molecular flexibility index (Phi) is 5.85. The van der Waals surface area contributed by atoms with E-state index in [-0.39, 0.29) is 23.3 Å². The summed E-state index contributed by atoms with van der Waals surface area (Å²) in [5, 5.41) is 7.79. The highest BCUT2D eigenvalue weighted by molar-refractivity contribution is 7.99. The van der Waals surface area contributed by atoms with E-state index < -0.39 is 0 Å². The van der Waals surface area contributed by atoms with E-state index in [4.69, 9.17) is 14.2 Å². The molecule has 1 N–H and O–H groups in total. The molecule has 1 amide bonds. The van der Waals surface area contributed by atoms with Crippen molar-refractivity contribution in [3.8, 4) is 0 Å². The average Bonchev–Trinajstić information content (AvgIpc) is 3.48. The van der Waals surface area contributed by atoms with Crippen molar-refractivity contribution in [2.45, 2.75) is 63.3 Å². The molecule has 0 saturated carbocycles. The van der Waals surface area contributed by atoms with Crippen LogP contribution in [0.4, 0.5) is 5.88 Å². The summed E-state index contributed by atoms with van der Waals surface area (Å²) in [5.74, 6) is 0.202. The Hall–Kier alpha value is -2.17. The summed E-state index contributed by atoms with van der Waals surface area (Å²) in [4.78, 5) is 32.9. The Morgan fingerprint density at radius 2 is 2.23 bits per heavy atom. The number of carbonyl (C=O) groups excluding carboxylic acids is 1. The third-order valence-corrected chi connectivity index (χ3v) is 7.84. The molecule has 1 aliphatic heterocycles. The second kappa shape index (κ2) is 8.76. The number of thiophene rings is 1. The predicted octanol–water partition coefficient (Wildman–Crippen LogP) is 3.54. The number of aromatic nitrogens is 3. The first kappa shape index (κ1) is 20.7. The zero-order chi connectivity index (χ0) is 21.4. The fourth-order valence-corrected chi connectivity index (χ4v) is 6.32. The minimum Gasteiger partial charge on any atom is -0.376 e. The van der Waals surface area contributed by atoms with Gasteiger partial charge in [0.05, 0.1) is 29.5 Å². The van der Waals surface area contributed by atoms with Crippen molar-refractivity contribution >= 4 is 45.1 Å². The molecule has 0 bridgehead atoms. The first-order valence-corrected chi connectivity index (χ1v) is 12.4. The molecular formula is C21H24N4O4S2. The van der Waals surface area contributed by atoms with Gasteiger partial charge < -0.3 is 9.26 Å². The van der Waals surface area contributed by atoms with Crippen LogP contribution in [0.5, 0.6) is 0 Å². The van der Waals surface area contributed by atoms with Crippen LogP contribution in [-0.2, 0) is 28.9 Å². The lowest BCUT2D eigenvalue weighted by Gasteiger charge is -2.16. The Labute approximate surface area is 187 Å². The molecule has 0 spiro atoms. The molecule has 1 saturated heterocycles. The highest BCUT2D eigenvalue weighted by Gasteiger charge is 2.25. The van der Waals surface area contributed by atoms with E-state index in [9.17, 15) is 9.59 Å². The first-order valence-electron chi connectivity index (χ1n) is 10.6. The molecule has 3 aromatic rings. The summed E-state index contributed by atoms with van der Waals surface area (Å²) in [5.41, 5.74) is 1.87. The second-order valence-corrected chi connectivity index (χ2v) is 10.0. The van der Waals surface area contributed by atoms with E-state index in [0.29, 0.717) is 23.3 Å². The van der Waals surface area contributed by atoms with Crippen LogP contribution in [0.25, 0.3) is 10.2 Å². The van der Waals surface area contributed by atoms with Gasteiger partial charge in [0.2, 0.25) is 11.8 Å². The molecule has 2 aliphatic rings. The SMILES string of the molecule is Cc1cc(NC(=O)CSc2nc3sc4c(c3c(=O)n2CC2CCCO2)CCCC4)on1. The maximum Gasteiger partial charge on any atom is 0.263 e. The van der Waals surface area contributed by atoms with E-state index in [1.54, 1.807) is 28.9 Å². The van der Waals surface area contributed by atoms with Gasteiger partial charge in [-0.25, -0.2) is 4.98 Å². The largest absolute Gasteiger partial charge is 0.376 e. The van der Waals surface area contributed by atoms with Crippen LogP contribution in [0.3, 0.4) is 0 Å². The Bertz CT molecular complexity index is 1180. The highest BCUT2D eigenvalue weighted by atomic mass is 32.2.